The number of carbonyl (C=O) groups excluding carboxylic acids is 1. The molecule has 0 aromatic carbocycles. The van der Waals surface area contributed by atoms with Gasteiger partial charge < -0.3 is 10.4 Å². The maximum atomic E-state index is 11.7. The van der Waals surface area contributed by atoms with Crippen LogP contribution in [0.4, 0.5) is 0 Å². The molecule has 1 aromatic heterocycles. The van der Waals surface area contributed by atoms with Crippen molar-refractivity contribution >= 4 is 23.6 Å². The molecule has 1 atom stereocenters. The highest BCUT2D eigenvalue weighted by atomic mass is 32.2. The summed E-state index contributed by atoms with van der Waals surface area (Å²) in [7, 11) is 0. The molecule has 0 spiro atoms. The van der Waals surface area contributed by atoms with Crippen molar-refractivity contribution in [2.24, 2.45) is 0 Å². The molecule has 0 aliphatic carbocycles. The number of carboxylic acids is 1. The first-order valence-corrected chi connectivity index (χ1v) is 6.34. The molecule has 92 valence electrons. The molecule has 1 aromatic rings. The first-order valence-electron chi connectivity index (χ1n) is 5.05. The minimum absolute atomic E-state index is 0.0479. The number of carboxylic acid groups (broad SMARTS) is 1. The van der Waals surface area contributed by atoms with Crippen LogP contribution < -0.4 is 5.32 Å². The molecule has 6 heteroatoms. The normalized spacial score (nSPS) is 11.9. The largest absolute Gasteiger partial charge is 0.478 e. The number of thioether (sulfide) groups is 1. The van der Waals surface area contributed by atoms with Crippen LogP contribution in [0.15, 0.2) is 18.3 Å². The minimum atomic E-state index is -1.15. The second-order valence-corrected chi connectivity index (χ2v) is 4.74. The minimum Gasteiger partial charge on any atom is -0.478 e. The van der Waals surface area contributed by atoms with Crippen LogP contribution >= 0.6 is 11.8 Å². The lowest BCUT2D eigenvalue weighted by molar-refractivity contribution is 0.0690. The number of pyridine rings is 1. The van der Waals surface area contributed by atoms with E-state index in [2.05, 4.69) is 10.3 Å². The van der Waals surface area contributed by atoms with E-state index in [-0.39, 0.29) is 16.5 Å². The molecule has 5 nitrogen and oxygen atoms in total. The Bertz CT molecular complexity index is 423. The van der Waals surface area contributed by atoms with Gasteiger partial charge in [0.1, 0.15) is 5.69 Å². The van der Waals surface area contributed by atoms with Gasteiger partial charge in [-0.15, -0.1) is 0 Å². The Hall–Kier alpha value is -1.56. The molecule has 0 fully saturated rings. The number of carbonyl (C=O) groups is 2. The average molecular weight is 254 g/mol. The average Bonchev–Trinajstić information content (AvgIpc) is 2.35. The molecule has 1 rings (SSSR count). The van der Waals surface area contributed by atoms with Crippen LogP contribution in [-0.4, -0.2) is 40.0 Å². The summed E-state index contributed by atoms with van der Waals surface area (Å²) < 4.78 is 0. The summed E-state index contributed by atoms with van der Waals surface area (Å²) in [6, 6.07) is 2.85. The van der Waals surface area contributed by atoms with Crippen molar-refractivity contribution in [2.75, 3.05) is 12.8 Å². The Labute approximate surface area is 104 Å². The van der Waals surface area contributed by atoms with Crippen molar-refractivity contribution in [3.05, 3.63) is 29.6 Å². The van der Waals surface area contributed by atoms with Crippen LogP contribution in [0.25, 0.3) is 0 Å². The van der Waals surface area contributed by atoms with Gasteiger partial charge in [-0.2, -0.15) is 11.8 Å². The van der Waals surface area contributed by atoms with Gasteiger partial charge >= 0.3 is 5.97 Å². The summed E-state index contributed by atoms with van der Waals surface area (Å²) >= 11 is 1.62. The van der Waals surface area contributed by atoms with E-state index in [1.54, 1.807) is 11.8 Å². The van der Waals surface area contributed by atoms with Gasteiger partial charge in [0.05, 0.1) is 5.56 Å². The number of hydrogen-bond donors (Lipinski definition) is 2. The molecular formula is C11H14N2O3S. The van der Waals surface area contributed by atoms with E-state index in [0.29, 0.717) is 6.54 Å². The molecule has 0 saturated carbocycles. The van der Waals surface area contributed by atoms with E-state index < -0.39 is 11.9 Å². The van der Waals surface area contributed by atoms with E-state index in [1.165, 1.54) is 18.3 Å². The third-order valence-corrected chi connectivity index (χ3v) is 3.18. The van der Waals surface area contributed by atoms with Gasteiger partial charge in [0.15, 0.2) is 0 Å². The third-order valence-electron chi connectivity index (χ3n) is 2.21. The molecule has 2 N–H and O–H groups in total. The highest BCUT2D eigenvalue weighted by molar-refractivity contribution is 7.99. The monoisotopic (exact) mass is 254 g/mol. The summed E-state index contributed by atoms with van der Waals surface area (Å²) in [4.78, 5) is 26.4. The van der Waals surface area contributed by atoms with Crippen molar-refractivity contribution in [1.82, 2.24) is 10.3 Å². The molecular weight excluding hydrogens is 240 g/mol. The first-order chi connectivity index (χ1) is 8.06. The van der Waals surface area contributed by atoms with Gasteiger partial charge in [-0.05, 0) is 18.4 Å². The fourth-order valence-corrected chi connectivity index (χ4v) is 1.41. The second kappa shape index (κ2) is 6.24. The van der Waals surface area contributed by atoms with Gasteiger partial charge in [0.2, 0.25) is 0 Å². The van der Waals surface area contributed by atoms with Gasteiger partial charge in [-0.1, -0.05) is 6.92 Å². The maximum Gasteiger partial charge on any atom is 0.338 e. The SMILES string of the molecule is CSC(C)CNC(=O)c1ncccc1C(=O)O. The summed E-state index contributed by atoms with van der Waals surface area (Å²) in [5.74, 6) is -1.61. The molecule has 0 bridgehead atoms. The Morgan fingerprint density at radius 1 is 1.59 bits per heavy atom. The smallest absolute Gasteiger partial charge is 0.338 e. The van der Waals surface area contributed by atoms with Crippen LogP contribution in [0.5, 0.6) is 0 Å². The molecule has 0 saturated heterocycles. The highest BCUT2D eigenvalue weighted by Gasteiger charge is 2.17. The van der Waals surface area contributed by atoms with Crippen LogP contribution in [0, 0.1) is 0 Å². The number of rotatable bonds is 5. The van der Waals surface area contributed by atoms with Gasteiger partial charge in [-0.25, -0.2) is 4.79 Å². The van der Waals surface area contributed by atoms with E-state index in [0.717, 1.165) is 0 Å². The van der Waals surface area contributed by atoms with E-state index >= 15 is 0 Å². The molecule has 17 heavy (non-hydrogen) atoms. The van der Waals surface area contributed by atoms with E-state index in [9.17, 15) is 9.59 Å². The van der Waals surface area contributed by atoms with Crippen molar-refractivity contribution < 1.29 is 14.7 Å². The zero-order valence-corrected chi connectivity index (χ0v) is 10.5. The molecule has 0 aliphatic heterocycles. The lowest BCUT2D eigenvalue weighted by Gasteiger charge is -2.10. The zero-order chi connectivity index (χ0) is 12.8. The number of nitrogens with one attached hydrogen (secondary N) is 1. The number of aromatic nitrogens is 1. The summed E-state index contributed by atoms with van der Waals surface area (Å²) in [6.07, 6.45) is 3.35. The standard InChI is InChI=1S/C11H14N2O3S/c1-7(17-2)6-13-10(14)9-8(11(15)16)4-3-5-12-9/h3-5,7H,6H2,1-2H3,(H,13,14)(H,15,16). The summed E-state index contributed by atoms with van der Waals surface area (Å²) in [5.41, 5.74) is -0.130. The predicted molar refractivity (Wildman–Crippen MR) is 66.5 cm³/mol. The van der Waals surface area contributed by atoms with Crippen LogP contribution in [-0.2, 0) is 0 Å². The van der Waals surface area contributed by atoms with E-state index in [1.807, 2.05) is 13.2 Å². The van der Waals surface area contributed by atoms with Crippen LogP contribution in [0.3, 0.4) is 0 Å². The van der Waals surface area contributed by atoms with Gasteiger partial charge in [-0.3, -0.25) is 9.78 Å². The molecule has 0 aliphatic rings. The molecule has 1 unspecified atom stereocenters. The van der Waals surface area contributed by atoms with Crippen LogP contribution in [0.1, 0.15) is 27.8 Å². The number of hydrogen-bond acceptors (Lipinski definition) is 4. The lowest BCUT2D eigenvalue weighted by atomic mass is 10.2. The van der Waals surface area contributed by atoms with E-state index in [4.69, 9.17) is 5.11 Å². The number of aromatic carboxylic acids is 1. The number of nitrogens with zero attached hydrogens (tertiary/aromatic N) is 1. The Morgan fingerprint density at radius 2 is 2.29 bits per heavy atom. The lowest BCUT2D eigenvalue weighted by Crippen LogP contribution is -2.31. The molecule has 1 heterocycles. The van der Waals surface area contributed by atoms with Crippen molar-refractivity contribution in [2.45, 2.75) is 12.2 Å². The Kier molecular flexibility index (Phi) is 4.96. The van der Waals surface area contributed by atoms with Crippen molar-refractivity contribution in [1.29, 1.82) is 0 Å². The van der Waals surface area contributed by atoms with Crippen LogP contribution in [0.2, 0.25) is 0 Å². The number of amides is 1. The highest BCUT2D eigenvalue weighted by Crippen LogP contribution is 2.07. The van der Waals surface area contributed by atoms with Gasteiger partial charge in [0, 0.05) is 18.0 Å². The third kappa shape index (κ3) is 3.74. The fraction of sp³-hybridized carbons (Fsp3) is 0.364. The van der Waals surface area contributed by atoms with Crippen molar-refractivity contribution in [3.8, 4) is 0 Å². The van der Waals surface area contributed by atoms with Gasteiger partial charge in [0.25, 0.3) is 5.91 Å². The summed E-state index contributed by atoms with van der Waals surface area (Å²) in [5, 5.41) is 11.8. The molecule has 1 amide bonds. The zero-order valence-electron chi connectivity index (χ0n) is 9.64. The topological polar surface area (TPSA) is 79.3 Å². The second-order valence-electron chi connectivity index (χ2n) is 3.46. The first kappa shape index (κ1) is 13.5. The fourth-order valence-electron chi connectivity index (χ4n) is 1.16. The Balaban J connectivity index is 2.78. The Morgan fingerprint density at radius 3 is 2.88 bits per heavy atom. The maximum absolute atomic E-state index is 11.7. The molecule has 0 radical (unpaired) electrons. The predicted octanol–water partition coefficient (Wildman–Crippen LogP) is 1.26. The van der Waals surface area contributed by atoms with Crippen molar-refractivity contribution in [3.63, 3.8) is 0 Å². The quantitative estimate of drug-likeness (QED) is 0.827. The summed E-state index contributed by atoms with van der Waals surface area (Å²) in [6.45, 7) is 2.46.